The van der Waals surface area contributed by atoms with Gasteiger partial charge in [-0.15, -0.1) is 0 Å². The van der Waals surface area contributed by atoms with Crippen molar-refractivity contribution in [1.29, 1.82) is 0 Å². The smallest absolute Gasteiger partial charge is 0.134 e. The number of benzene rings is 1. The van der Waals surface area contributed by atoms with E-state index in [1.54, 1.807) is 6.20 Å². The Hall–Kier alpha value is -2.37. The van der Waals surface area contributed by atoms with Crippen molar-refractivity contribution in [2.24, 2.45) is 5.84 Å². The van der Waals surface area contributed by atoms with Gasteiger partial charge in [0.25, 0.3) is 0 Å². The molecule has 0 aliphatic carbocycles. The van der Waals surface area contributed by atoms with Gasteiger partial charge < -0.3 is 10.2 Å². The molecule has 1 atom stereocenters. The Morgan fingerprint density at radius 2 is 2.05 bits per heavy atom. The number of aromatic nitrogens is 1. The lowest BCUT2D eigenvalue weighted by Crippen LogP contribution is -2.29. The summed E-state index contributed by atoms with van der Waals surface area (Å²) in [4.78, 5) is 4.17. The molecule has 0 aliphatic heterocycles. The summed E-state index contributed by atoms with van der Waals surface area (Å²) in [5, 5.41) is 1.03. The fourth-order valence-corrected chi connectivity index (χ4v) is 2.30. The third kappa shape index (κ3) is 2.13. The zero-order chi connectivity index (χ0) is 14.1. The Morgan fingerprint density at radius 1 is 1.25 bits per heavy atom. The van der Waals surface area contributed by atoms with Gasteiger partial charge in [-0.25, -0.2) is 10.4 Å². The number of nitrogen functional groups attached to an aromatic ring is 1. The van der Waals surface area contributed by atoms with Gasteiger partial charge in [-0.1, -0.05) is 18.2 Å². The first-order valence-corrected chi connectivity index (χ1v) is 6.35. The molecule has 5 nitrogen and oxygen atoms in total. The van der Waals surface area contributed by atoms with Crippen LogP contribution in [0.25, 0.3) is 11.0 Å². The van der Waals surface area contributed by atoms with Gasteiger partial charge in [0, 0.05) is 17.1 Å². The molecule has 0 saturated carbocycles. The normalized spacial score (nSPS) is 12.7. The number of para-hydroxylation sites is 1. The fraction of sp³-hybridized carbons (Fsp3) is 0.133. The van der Waals surface area contributed by atoms with Gasteiger partial charge in [-0.3, -0.25) is 5.84 Å². The first-order valence-electron chi connectivity index (χ1n) is 6.35. The molecule has 5 N–H and O–H groups in total. The maximum Gasteiger partial charge on any atom is 0.134 e. The van der Waals surface area contributed by atoms with Gasteiger partial charge in [0.2, 0.25) is 0 Å². The monoisotopic (exact) mass is 268 g/mol. The molecule has 3 aromatic rings. The van der Waals surface area contributed by atoms with Crippen LogP contribution in [0.2, 0.25) is 0 Å². The highest BCUT2D eigenvalue weighted by atomic mass is 16.3. The second-order valence-corrected chi connectivity index (χ2v) is 4.77. The number of aryl methyl sites for hydroxylation is 1. The van der Waals surface area contributed by atoms with E-state index in [9.17, 15) is 0 Å². The average Bonchev–Trinajstić information content (AvgIpc) is 2.87. The van der Waals surface area contributed by atoms with E-state index in [1.165, 1.54) is 0 Å². The van der Waals surface area contributed by atoms with Crippen LogP contribution in [0.4, 0.5) is 5.82 Å². The molecule has 0 spiro atoms. The van der Waals surface area contributed by atoms with E-state index >= 15 is 0 Å². The van der Waals surface area contributed by atoms with E-state index in [0.29, 0.717) is 11.6 Å². The minimum atomic E-state index is -0.324. The first kappa shape index (κ1) is 12.7. The minimum Gasteiger partial charge on any atom is -0.459 e. The fourth-order valence-electron chi connectivity index (χ4n) is 2.30. The molecule has 1 unspecified atom stereocenters. The van der Waals surface area contributed by atoms with Crippen LogP contribution in [0.1, 0.15) is 22.9 Å². The summed E-state index contributed by atoms with van der Waals surface area (Å²) in [6.45, 7) is 1.96. The Bertz CT molecular complexity index is 717. The van der Waals surface area contributed by atoms with E-state index in [2.05, 4.69) is 10.4 Å². The van der Waals surface area contributed by atoms with Crippen LogP contribution in [0.3, 0.4) is 0 Å². The largest absolute Gasteiger partial charge is 0.459 e. The van der Waals surface area contributed by atoms with E-state index < -0.39 is 0 Å². The van der Waals surface area contributed by atoms with Crippen molar-refractivity contribution in [3.63, 3.8) is 0 Å². The summed E-state index contributed by atoms with van der Waals surface area (Å²) in [7, 11) is 0. The van der Waals surface area contributed by atoms with Gasteiger partial charge in [0.1, 0.15) is 23.2 Å². The highest BCUT2D eigenvalue weighted by molar-refractivity contribution is 5.78. The summed E-state index contributed by atoms with van der Waals surface area (Å²) in [5.41, 5.74) is 11.4. The number of nitrogens with two attached hydrogens (primary N) is 2. The SMILES string of the molecule is Cc1cnc(N)c(C(NN)c2cc3ccccc3o2)c1. The topological polar surface area (TPSA) is 90.1 Å². The lowest BCUT2D eigenvalue weighted by atomic mass is 10.0. The van der Waals surface area contributed by atoms with Crippen LogP contribution in [-0.2, 0) is 0 Å². The van der Waals surface area contributed by atoms with Crippen LogP contribution in [0.15, 0.2) is 47.0 Å². The number of fused-ring (bicyclic) bond motifs is 1. The Labute approximate surface area is 116 Å². The van der Waals surface area contributed by atoms with Crippen molar-refractivity contribution >= 4 is 16.8 Å². The van der Waals surface area contributed by atoms with Gasteiger partial charge in [0.15, 0.2) is 0 Å². The number of anilines is 1. The van der Waals surface area contributed by atoms with Crippen molar-refractivity contribution < 1.29 is 4.42 Å². The molecule has 20 heavy (non-hydrogen) atoms. The Morgan fingerprint density at radius 3 is 2.80 bits per heavy atom. The number of nitrogens with zero attached hydrogens (tertiary/aromatic N) is 1. The second-order valence-electron chi connectivity index (χ2n) is 4.77. The highest BCUT2D eigenvalue weighted by Gasteiger charge is 2.20. The van der Waals surface area contributed by atoms with Crippen LogP contribution < -0.4 is 17.0 Å². The summed E-state index contributed by atoms with van der Waals surface area (Å²) in [5.74, 6) is 6.84. The molecule has 0 amide bonds. The lowest BCUT2D eigenvalue weighted by molar-refractivity contribution is 0.477. The molecular formula is C15H16N4O. The molecule has 102 valence electrons. The summed E-state index contributed by atoms with van der Waals surface area (Å²) in [6.07, 6.45) is 1.73. The second kappa shape index (κ2) is 4.96. The quantitative estimate of drug-likeness (QED) is 0.501. The number of rotatable bonds is 3. The molecule has 5 heteroatoms. The van der Waals surface area contributed by atoms with E-state index in [1.807, 2.05) is 43.3 Å². The van der Waals surface area contributed by atoms with Crippen LogP contribution in [0, 0.1) is 6.92 Å². The van der Waals surface area contributed by atoms with Crippen molar-refractivity contribution in [3.8, 4) is 0 Å². The van der Waals surface area contributed by atoms with Crippen LogP contribution in [0.5, 0.6) is 0 Å². The molecule has 0 aliphatic rings. The predicted molar refractivity (Wildman–Crippen MR) is 78.8 cm³/mol. The van der Waals surface area contributed by atoms with Crippen LogP contribution in [-0.4, -0.2) is 4.98 Å². The molecule has 1 aromatic carbocycles. The van der Waals surface area contributed by atoms with E-state index in [0.717, 1.165) is 22.1 Å². The molecule has 0 bridgehead atoms. The van der Waals surface area contributed by atoms with Gasteiger partial charge >= 0.3 is 0 Å². The molecule has 2 heterocycles. The molecule has 2 aromatic heterocycles. The van der Waals surface area contributed by atoms with Gasteiger partial charge in [0.05, 0.1) is 0 Å². The highest BCUT2D eigenvalue weighted by Crippen LogP contribution is 2.30. The third-order valence-electron chi connectivity index (χ3n) is 3.29. The number of furan rings is 1. The number of hydrogen-bond donors (Lipinski definition) is 3. The maximum absolute atomic E-state index is 5.95. The Kier molecular flexibility index (Phi) is 3.14. The van der Waals surface area contributed by atoms with E-state index in [-0.39, 0.29) is 6.04 Å². The van der Waals surface area contributed by atoms with Crippen molar-refractivity contribution in [2.75, 3.05) is 5.73 Å². The average molecular weight is 268 g/mol. The standard InChI is InChI=1S/C15H16N4O/c1-9-6-11(15(16)18-8-9)14(19-17)13-7-10-4-2-3-5-12(10)20-13/h2-8,14,19H,17H2,1H3,(H2,16,18). The summed E-state index contributed by atoms with van der Waals surface area (Å²) >= 11 is 0. The molecule has 0 radical (unpaired) electrons. The van der Waals surface area contributed by atoms with Crippen LogP contribution >= 0.6 is 0 Å². The zero-order valence-electron chi connectivity index (χ0n) is 11.1. The first-order chi connectivity index (χ1) is 9.69. The zero-order valence-corrected chi connectivity index (χ0v) is 11.1. The molecule has 0 fully saturated rings. The van der Waals surface area contributed by atoms with Crippen molar-refractivity contribution in [1.82, 2.24) is 10.4 Å². The third-order valence-corrected chi connectivity index (χ3v) is 3.29. The van der Waals surface area contributed by atoms with E-state index in [4.69, 9.17) is 16.0 Å². The molecule has 0 saturated heterocycles. The summed E-state index contributed by atoms with van der Waals surface area (Å²) < 4.78 is 5.84. The summed E-state index contributed by atoms with van der Waals surface area (Å²) in [6, 6.07) is 11.4. The van der Waals surface area contributed by atoms with Gasteiger partial charge in [-0.05, 0) is 30.7 Å². The number of hydrogen-bond acceptors (Lipinski definition) is 5. The minimum absolute atomic E-state index is 0.324. The molecule has 3 rings (SSSR count). The maximum atomic E-state index is 5.95. The van der Waals surface area contributed by atoms with Gasteiger partial charge in [-0.2, -0.15) is 0 Å². The predicted octanol–water partition coefficient (Wildman–Crippen LogP) is 2.27. The Balaban J connectivity index is 2.11. The number of pyridine rings is 1. The van der Waals surface area contributed by atoms with Crippen molar-refractivity contribution in [3.05, 3.63) is 59.5 Å². The van der Waals surface area contributed by atoms with Crippen molar-refractivity contribution in [2.45, 2.75) is 13.0 Å². The molecular weight excluding hydrogens is 252 g/mol. The lowest BCUT2D eigenvalue weighted by Gasteiger charge is -2.15. The number of hydrazine groups is 1. The number of nitrogens with one attached hydrogen (secondary N) is 1.